The maximum atomic E-state index is 12.3. The van der Waals surface area contributed by atoms with E-state index in [1.165, 1.54) is 18.2 Å². The predicted octanol–water partition coefficient (Wildman–Crippen LogP) is 3.47. The quantitative estimate of drug-likeness (QED) is 0.341. The van der Waals surface area contributed by atoms with Gasteiger partial charge >= 0.3 is 0 Å². The van der Waals surface area contributed by atoms with E-state index in [-0.39, 0.29) is 28.7 Å². The Morgan fingerprint density at radius 1 is 1.24 bits per heavy atom. The number of hydrogen-bond acceptors (Lipinski definition) is 5. The van der Waals surface area contributed by atoms with Crippen molar-refractivity contribution >= 4 is 40.5 Å². The van der Waals surface area contributed by atoms with Gasteiger partial charge in [-0.2, -0.15) is 8.78 Å². The predicted molar refractivity (Wildman–Crippen MR) is 93.9 cm³/mol. The van der Waals surface area contributed by atoms with Crippen LogP contribution < -0.4 is 15.7 Å². The Kier molecular flexibility index (Phi) is 6.48. The van der Waals surface area contributed by atoms with Gasteiger partial charge in [-0.05, 0) is 42.0 Å². The van der Waals surface area contributed by atoms with Crippen LogP contribution in [0, 0.1) is 10.1 Å². The molecule has 10 heteroatoms. The third kappa shape index (κ3) is 5.84. The molecular weight excluding hydrogens is 372 g/mol. The molecule has 0 atom stereocenters. The number of nitrogens with zero attached hydrogens (tertiary/aromatic N) is 1. The summed E-state index contributed by atoms with van der Waals surface area (Å²) < 4.78 is 24.5. The third-order valence-electron chi connectivity index (χ3n) is 3.03. The van der Waals surface area contributed by atoms with Crippen LogP contribution in [0.25, 0.3) is 0 Å². The van der Waals surface area contributed by atoms with Crippen LogP contribution in [0.4, 0.5) is 20.2 Å². The van der Waals surface area contributed by atoms with Crippen molar-refractivity contribution in [3.05, 3.63) is 58.1 Å². The van der Waals surface area contributed by atoms with E-state index < -0.39 is 10.7 Å². The van der Waals surface area contributed by atoms with E-state index in [0.29, 0.717) is 22.3 Å². The summed E-state index contributed by atoms with van der Waals surface area (Å²) in [6.07, 6.45) is 0. The molecule has 6 nitrogen and oxygen atoms in total. The van der Waals surface area contributed by atoms with Crippen molar-refractivity contribution in [1.29, 1.82) is 0 Å². The van der Waals surface area contributed by atoms with Crippen molar-refractivity contribution < 1.29 is 18.8 Å². The fourth-order valence-corrected chi connectivity index (χ4v) is 2.58. The van der Waals surface area contributed by atoms with Crippen molar-refractivity contribution in [3.8, 4) is 5.75 Å². The largest absolute Gasteiger partial charge is 0.872 e. The van der Waals surface area contributed by atoms with E-state index in [9.17, 15) is 24.0 Å². The number of halogens is 2. The Bertz CT molecular complexity index is 773. The highest BCUT2D eigenvalue weighted by atomic mass is 32.2. The molecular formula is C15H12F2N3O3S2-. The molecule has 25 heavy (non-hydrogen) atoms. The van der Waals surface area contributed by atoms with Gasteiger partial charge in [0.25, 0.3) is 11.4 Å². The zero-order valence-corrected chi connectivity index (χ0v) is 14.2. The van der Waals surface area contributed by atoms with Crippen LogP contribution in [-0.4, -0.2) is 15.8 Å². The maximum Gasteiger partial charge on any atom is 0.288 e. The number of benzene rings is 2. The molecule has 0 bridgehead atoms. The van der Waals surface area contributed by atoms with Gasteiger partial charge in [0.15, 0.2) is 5.11 Å². The van der Waals surface area contributed by atoms with Crippen LogP contribution in [0.5, 0.6) is 5.75 Å². The summed E-state index contributed by atoms with van der Waals surface area (Å²) in [5.74, 6) is -2.83. The molecule has 0 aliphatic heterocycles. The van der Waals surface area contributed by atoms with Crippen LogP contribution in [0.2, 0.25) is 0 Å². The van der Waals surface area contributed by atoms with E-state index in [0.717, 1.165) is 12.1 Å². The van der Waals surface area contributed by atoms with Gasteiger partial charge in [0.1, 0.15) is 0 Å². The minimum absolute atomic E-state index is 0.0195. The highest BCUT2D eigenvalue weighted by molar-refractivity contribution is 7.99. The van der Waals surface area contributed by atoms with Gasteiger partial charge in [-0.1, -0.05) is 17.8 Å². The number of anilines is 1. The SMILES string of the molecule is O=[N+]([O-])c1ccc([O-])c(CNC(=S)Nc2ccc(SC(F)F)cc2)c1. The minimum atomic E-state index is -2.49. The average molecular weight is 384 g/mol. The van der Waals surface area contributed by atoms with Gasteiger partial charge < -0.3 is 15.7 Å². The number of hydrogen-bond donors (Lipinski definition) is 2. The topological polar surface area (TPSA) is 90.3 Å². The summed E-state index contributed by atoms with van der Waals surface area (Å²) in [4.78, 5) is 10.6. The molecule has 0 aliphatic carbocycles. The van der Waals surface area contributed by atoms with Gasteiger partial charge in [-0.3, -0.25) is 10.1 Å². The highest BCUT2D eigenvalue weighted by Crippen LogP contribution is 2.26. The molecule has 0 aromatic heterocycles. The van der Waals surface area contributed by atoms with Crippen molar-refractivity contribution in [2.75, 3.05) is 5.32 Å². The first-order valence-corrected chi connectivity index (χ1v) is 8.18. The normalized spacial score (nSPS) is 10.5. The van der Waals surface area contributed by atoms with Gasteiger partial charge in [0.2, 0.25) is 0 Å². The fourth-order valence-electron chi connectivity index (χ4n) is 1.89. The van der Waals surface area contributed by atoms with E-state index >= 15 is 0 Å². The molecule has 2 aromatic rings. The summed E-state index contributed by atoms with van der Waals surface area (Å²) in [5, 5.41) is 28.2. The third-order valence-corrected chi connectivity index (χ3v) is 4.00. The molecule has 2 aromatic carbocycles. The maximum absolute atomic E-state index is 12.3. The zero-order valence-electron chi connectivity index (χ0n) is 12.6. The lowest BCUT2D eigenvalue weighted by molar-refractivity contribution is -0.385. The number of nitrogens with one attached hydrogen (secondary N) is 2. The molecule has 0 amide bonds. The summed E-state index contributed by atoms with van der Waals surface area (Å²) in [6, 6.07) is 9.69. The summed E-state index contributed by atoms with van der Waals surface area (Å²) >= 11 is 5.52. The highest BCUT2D eigenvalue weighted by Gasteiger charge is 2.08. The lowest BCUT2D eigenvalue weighted by atomic mass is 10.2. The lowest BCUT2D eigenvalue weighted by Gasteiger charge is -2.15. The second kappa shape index (κ2) is 8.58. The standard InChI is InChI=1S/C15H13F2N3O3S2/c16-14(17)25-12-4-1-10(2-5-12)19-15(24)18-8-9-7-11(20(22)23)3-6-13(9)21/h1-7,14,21H,8H2,(H2,18,19,24)/p-1. The molecule has 0 aliphatic rings. The summed E-state index contributed by atoms with van der Waals surface area (Å²) in [7, 11) is 0. The van der Waals surface area contributed by atoms with Crippen LogP contribution in [0.3, 0.4) is 0 Å². The second-order valence-corrected chi connectivity index (χ2v) is 6.23. The fraction of sp³-hybridized carbons (Fsp3) is 0.133. The molecule has 0 saturated carbocycles. The van der Waals surface area contributed by atoms with Crippen molar-refractivity contribution in [2.24, 2.45) is 0 Å². The Balaban J connectivity index is 1.92. The van der Waals surface area contributed by atoms with Crippen LogP contribution in [0.15, 0.2) is 47.4 Å². The lowest BCUT2D eigenvalue weighted by Crippen LogP contribution is -2.28. The molecule has 0 fully saturated rings. The Morgan fingerprint density at radius 2 is 1.92 bits per heavy atom. The number of thioether (sulfide) groups is 1. The van der Waals surface area contributed by atoms with E-state index in [4.69, 9.17) is 12.2 Å². The van der Waals surface area contributed by atoms with Gasteiger partial charge in [-0.15, -0.1) is 5.75 Å². The number of nitro benzene ring substituents is 1. The number of rotatable bonds is 6. The van der Waals surface area contributed by atoms with Crippen LogP contribution in [-0.2, 0) is 6.54 Å². The number of nitro groups is 1. The first kappa shape index (κ1) is 18.9. The molecule has 0 unspecified atom stereocenters. The number of non-ortho nitro benzene ring substituents is 1. The van der Waals surface area contributed by atoms with Gasteiger partial charge in [0.05, 0.1) is 4.92 Å². The summed E-state index contributed by atoms with van der Waals surface area (Å²) in [6.45, 7) is 0.0195. The molecule has 0 spiro atoms. The molecule has 132 valence electrons. The zero-order chi connectivity index (χ0) is 18.4. The second-order valence-electron chi connectivity index (χ2n) is 4.76. The first-order valence-electron chi connectivity index (χ1n) is 6.89. The number of alkyl halides is 2. The van der Waals surface area contributed by atoms with Gasteiger partial charge in [-0.25, -0.2) is 0 Å². The van der Waals surface area contributed by atoms with Gasteiger partial charge in [0, 0.05) is 29.3 Å². The minimum Gasteiger partial charge on any atom is -0.872 e. The van der Waals surface area contributed by atoms with Crippen LogP contribution in [0.1, 0.15) is 5.56 Å². The van der Waals surface area contributed by atoms with Crippen molar-refractivity contribution in [3.63, 3.8) is 0 Å². The monoisotopic (exact) mass is 384 g/mol. The molecule has 2 rings (SSSR count). The molecule has 0 heterocycles. The van der Waals surface area contributed by atoms with E-state index in [1.54, 1.807) is 12.1 Å². The molecule has 0 radical (unpaired) electrons. The van der Waals surface area contributed by atoms with Crippen LogP contribution >= 0.6 is 24.0 Å². The smallest absolute Gasteiger partial charge is 0.288 e. The molecule has 2 N–H and O–H groups in total. The Morgan fingerprint density at radius 3 is 2.52 bits per heavy atom. The molecule has 0 saturated heterocycles. The summed E-state index contributed by atoms with van der Waals surface area (Å²) in [5.41, 5.74) is 0.613. The Labute approximate surface area is 151 Å². The van der Waals surface area contributed by atoms with E-state index in [2.05, 4.69) is 10.6 Å². The average Bonchev–Trinajstić information content (AvgIpc) is 2.55. The van der Waals surface area contributed by atoms with E-state index in [1.807, 2.05) is 0 Å². The first-order chi connectivity index (χ1) is 11.8. The van der Waals surface area contributed by atoms with Crippen molar-refractivity contribution in [2.45, 2.75) is 17.2 Å². The number of thiocarbonyl (C=S) groups is 1. The Hall–Kier alpha value is -2.46. The van der Waals surface area contributed by atoms with Crippen molar-refractivity contribution in [1.82, 2.24) is 5.32 Å².